The lowest BCUT2D eigenvalue weighted by Crippen LogP contribution is -2.27. The molecule has 0 radical (unpaired) electrons. The van der Waals surface area contributed by atoms with E-state index < -0.39 is 5.41 Å². The van der Waals surface area contributed by atoms with Crippen molar-refractivity contribution in [2.24, 2.45) is 0 Å². The average Bonchev–Trinajstić information content (AvgIpc) is 3.06. The minimum absolute atomic E-state index is 0.706. The molecule has 0 saturated heterocycles. The van der Waals surface area contributed by atoms with Gasteiger partial charge in [-0.05, 0) is 17.2 Å². The predicted molar refractivity (Wildman–Crippen MR) is 77.0 cm³/mol. The topological polar surface area (TPSA) is 52.5 Å². The predicted octanol–water partition coefficient (Wildman–Crippen LogP) is 3.27. The van der Waals surface area contributed by atoms with Gasteiger partial charge in [-0.15, -0.1) is 0 Å². The standard InChI is InChI=1S/C17H13N3/c18-13-17(16-11-12-19-20-16,14-7-3-1-4-8-14)15-9-5-2-6-10-15/h1-12H,(H,19,20). The van der Waals surface area contributed by atoms with E-state index in [9.17, 15) is 5.26 Å². The highest BCUT2D eigenvalue weighted by Gasteiger charge is 2.38. The lowest BCUT2D eigenvalue weighted by atomic mass is 9.73. The highest BCUT2D eigenvalue weighted by atomic mass is 15.1. The Labute approximate surface area is 117 Å². The minimum Gasteiger partial charge on any atom is -0.285 e. The van der Waals surface area contributed by atoms with Gasteiger partial charge in [-0.25, -0.2) is 0 Å². The van der Waals surface area contributed by atoms with E-state index in [0.717, 1.165) is 11.1 Å². The van der Waals surface area contributed by atoms with Gasteiger partial charge in [-0.2, -0.15) is 10.4 Å². The molecule has 3 aromatic rings. The van der Waals surface area contributed by atoms with Crippen molar-refractivity contribution in [3.63, 3.8) is 0 Å². The summed E-state index contributed by atoms with van der Waals surface area (Å²) in [5.41, 5.74) is 1.65. The van der Waals surface area contributed by atoms with Crippen LogP contribution in [0.5, 0.6) is 0 Å². The molecule has 0 fully saturated rings. The summed E-state index contributed by atoms with van der Waals surface area (Å²) >= 11 is 0. The highest BCUT2D eigenvalue weighted by Crippen LogP contribution is 2.37. The van der Waals surface area contributed by atoms with E-state index in [0.29, 0.717) is 5.69 Å². The van der Waals surface area contributed by atoms with Crippen LogP contribution < -0.4 is 0 Å². The van der Waals surface area contributed by atoms with Crippen molar-refractivity contribution in [2.75, 3.05) is 0 Å². The smallest absolute Gasteiger partial charge is 0.151 e. The fraction of sp³-hybridized carbons (Fsp3) is 0.0588. The molecule has 3 rings (SSSR count). The van der Waals surface area contributed by atoms with Crippen LogP contribution in [0.2, 0.25) is 0 Å². The van der Waals surface area contributed by atoms with Gasteiger partial charge in [-0.3, -0.25) is 5.10 Å². The van der Waals surface area contributed by atoms with Crippen LogP contribution in [-0.4, -0.2) is 10.2 Å². The molecule has 0 aliphatic carbocycles. The Hall–Kier alpha value is -2.86. The lowest BCUT2D eigenvalue weighted by Gasteiger charge is -2.25. The largest absolute Gasteiger partial charge is 0.285 e. The van der Waals surface area contributed by atoms with Crippen LogP contribution in [-0.2, 0) is 5.41 Å². The molecule has 0 atom stereocenters. The van der Waals surface area contributed by atoms with Crippen molar-refractivity contribution in [3.05, 3.63) is 89.7 Å². The quantitative estimate of drug-likeness (QED) is 0.784. The van der Waals surface area contributed by atoms with E-state index in [-0.39, 0.29) is 0 Å². The molecule has 0 bridgehead atoms. The molecule has 0 spiro atoms. The zero-order valence-electron chi connectivity index (χ0n) is 10.8. The fourth-order valence-corrected chi connectivity index (χ4v) is 2.49. The van der Waals surface area contributed by atoms with Crippen LogP contribution in [0.3, 0.4) is 0 Å². The van der Waals surface area contributed by atoms with Gasteiger partial charge in [0, 0.05) is 6.20 Å². The summed E-state index contributed by atoms with van der Waals surface area (Å²) in [6, 6.07) is 23.8. The first-order valence-corrected chi connectivity index (χ1v) is 6.40. The molecule has 2 aromatic carbocycles. The third kappa shape index (κ3) is 1.79. The SMILES string of the molecule is N#CC(c1ccccc1)(c1ccccc1)c1cc[nH]n1. The number of aromatic nitrogens is 2. The Kier molecular flexibility index (Phi) is 3.06. The van der Waals surface area contributed by atoms with E-state index >= 15 is 0 Å². The summed E-state index contributed by atoms with van der Waals surface area (Å²) in [4.78, 5) is 0. The van der Waals surface area contributed by atoms with Crippen LogP contribution in [0, 0.1) is 11.3 Å². The second-order valence-corrected chi connectivity index (χ2v) is 4.55. The molecule has 0 amide bonds. The molecule has 1 heterocycles. The van der Waals surface area contributed by atoms with Crippen molar-refractivity contribution in [1.29, 1.82) is 5.26 Å². The van der Waals surface area contributed by atoms with Gasteiger partial charge in [0.25, 0.3) is 0 Å². The molecule has 0 aliphatic rings. The van der Waals surface area contributed by atoms with E-state index in [2.05, 4.69) is 16.3 Å². The minimum atomic E-state index is -0.886. The van der Waals surface area contributed by atoms with Crippen molar-refractivity contribution >= 4 is 0 Å². The van der Waals surface area contributed by atoms with E-state index in [1.54, 1.807) is 6.20 Å². The third-order valence-electron chi connectivity index (χ3n) is 3.47. The molecule has 20 heavy (non-hydrogen) atoms. The molecule has 0 unspecified atom stereocenters. The highest BCUT2D eigenvalue weighted by molar-refractivity contribution is 5.53. The van der Waals surface area contributed by atoms with Crippen LogP contribution in [0.25, 0.3) is 0 Å². The van der Waals surface area contributed by atoms with Gasteiger partial charge in [0.05, 0.1) is 11.8 Å². The summed E-state index contributed by atoms with van der Waals surface area (Å²) in [5.74, 6) is 0. The Morgan fingerprint density at radius 2 is 1.40 bits per heavy atom. The maximum Gasteiger partial charge on any atom is 0.151 e. The summed E-state index contributed by atoms with van der Waals surface area (Å²) in [6.07, 6.45) is 1.74. The summed E-state index contributed by atoms with van der Waals surface area (Å²) < 4.78 is 0. The molecular weight excluding hydrogens is 246 g/mol. The van der Waals surface area contributed by atoms with Gasteiger partial charge in [0.1, 0.15) is 0 Å². The number of nitrogens with one attached hydrogen (secondary N) is 1. The monoisotopic (exact) mass is 259 g/mol. The Morgan fingerprint density at radius 1 is 0.850 bits per heavy atom. The molecule has 1 N–H and O–H groups in total. The fourth-order valence-electron chi connectivity index (χ4n) is 2.49. The van der Waals surface area contributed by atoms with Crippen LogP contribution in [0.4, 0.5) is 0 Å². The Morgan fingerprint density at radius 3 is 1.80 bits per heavy atom. The first kappa shape index (κ1) is 12.2. The Balaban J connectivity index is 2.31. The van der Waals surface area contributed by atoms with Crippen LogP contribution in [0.1, 0.15) is 16.8 Å². The number of nitrogens with zero attached hydrogens (tertiary/aromatic N) is 2. The molecule has 0 aliphatic heterocycles. The van der Waals surface area contributed by atoms with Gasteiger partial charge >= 0.3 is 0 Å². The maximum absolute atomic E-state index is 9.95. The number of hydrogen-bond donors (Lipinski definition) is 1. The van der Waals surface area contributed by atoms with Gasteiger partial charge in [0.2, 0.25) is 0 Å². The number of aromatic amines is 1. The number of benzene rings is 2. The zero-order valence-corrected chi connectivity index (χ0v) is 10.8. The van der Waals surface area contributed by atoms with E-state index in [1.807, 2.05) is 66.7 Å². The summed E-state index contributed by atoms with van der Waals surface area (Å²) in [7, 11) is 0. The van der Waals surface area contributed by atoms with Gasteiger partial charge < -0.3 is 0 Å². The molecule has 3 nitrogen and oxygen atoms in total. The summed E-state index contributed by atoms with van der Waals surface area (Å²) in [5, 5.41) is 17.0. The first-order chi connectivity index (χ1) is 9.88. The number of nitriles is 1. The molecule has 96 valence electrons. The normalized spacial score (nSPS) is 10.9. The third-order valence-corrected chi connectivity index (χ3v) is 3.47. The summed E-state index contributed by atoms with van der Waals surface area (Å²) in [6.45, 7) is 0. The number of hydrogen-bond acceptors (Lipinski definition) is 2. The molecule has 1 aromatic heterocycles. The number of rotatable bonds is 3. The van der Waals surface area contributed by atoms with E-state index in [4.69, 9.17) is 0 Å². The maximum atomic E-state index is 9.95. The first-order valence-electron chi connectivity index (χ1n) is 6.40. The van der Waals surface area contributed by atoms with Crippen molar-refractivity contribution in [1.82, 2.24) is 10.2 Å². The lowest BCUT2D eigenvalue weighted by molar-refractivity contribution is 0.751. The van der Waals surface area contributed by atoms with Crippen molar-refractivity contribution in [3.8, 4) is 6.07 Å². The molecule has 3 heteroatoms. The van der Waals surface area contributed by atoms with Crippen LogP contribution >= 0.6 is 0 Å². The zero-order chi connectivity index (χ0) is 13.8. The van der Waals surface area contributed by atoms with Gasteiger partial charge in [0.15, 0.2) is 5.41 Å². The number of H-pyrrole nitrogens is 1. The molecular formula is C17H13N3. The second-order valence-electron chi connectivity index (χ2n) is 4.55. The second kappa shape index (κ2) is 5.02. The molecule has 0 saturated carbocycles. The van der Waals surface area contributed by atoms with E-state index in [1.165, 1.54) is 0 Å². The van der Waals surface area contributed by atoms with Crippen molar-refractivity contribution < 1.29 is 0 Å². The van der Waals surface area contributed by atoms with Crippen molar-refractivity contribution in [2.45, 2.75) is 5.41 Å². The van der Waals surface area contributed by atoms with Gasteiger partial charge in [-0.1, -0.05) is 60.7 Å². The Bertz CT molecular complexity index is 670. The average molecular weight is 259 g/mol. The van der Waals surface area contributed by atoms with Crippen LogP contribution in [0.15, 0.2) is 72.9 Å².